The minimum absolute atomic E-state index is 0.0860. The number of aromatic nitrogens is 5. The number of nitrogens with one attached hydrogen (secondary N) is 2. The number of aryl methyl sites for hydroxylation is 1. The molecule has 0 saturated carbocycles. The number of aliphatic hydroxyl groups is 1. The van der Waals surface area contributed by atoms with E-state index in [2.05, 4.69) is 30.7 Å². The summed E-state index contributed by atoms with van der Waals surface area (Å²) in [5.74, 6) is -0.127. The first kappa shape index (κ1) is 30.7. The molecular formula is C35H37FN8O3. The highest BCUT2D eigenvalue weighted by Crippen LogP contribution is 2.33. The van der Waals surface area contributed by atoms with Crippen molar-refractivity contribution in [2.75, 3.05) is 23.3 Å². The molecule has 2 aliphatic heterocycles. The maximum atomic E-state index is 15.4. The van der Waals surface area contributed by atoms with E-state index >= 15 is 4.39 Å². The lowest BCUT2D eigenvalue weighted by Crippen LogP contribution is -2.52. The van der Waals surface area contributed by atoms with Gasteiger partial charge in [-0.25, -0.2) is 14.1 Å². The zero-order chi connectivity index (χ0) is 33.0. The number of anilines is 3. The van der Waals surface area contributed by atoms with Crippen molar-refractivity contribution in [2.24, 2.45) is 7.05 Å². The number of benzene rings is 2. The lowest BCUT2D eigenvalue weighted by atomic mass is 9.86. The Hall–Kier alpha value is -4.94. The van der Waals surface area contributed by atoms with E-state index in [1.807, 2.05) is 39.1 Å². The van der Waals surface area contributed by atoms with Crippen LogP contribution in [0.3, 0.4) is 0 Å². The first-order valence-corrected chi connectivity index (χ1v) is 15.8. The van der Waals surface area contributed by atoms with Crippen LogP contribution in [0.25, 0.3) is 27.7 Å². The van der Waals surface area contributed by atoms with Gasteiger partial charge in [-0.3, -0.25) is 9.59 Å². The summed E-state index contributed by atoms with van der Waals surface area (Å²) >= 11 is 0. The van der Waals surface area contributed by atoms with Crippen molar-refractivity contribution >= 4 is 28.0 Å². The van der Waals surface area contributed by atoms with Gasteiger partial charge in [0.05, 0.1) is 41.5 Å². The minimum Gasteiger partial charge on any atom is -0.392 e. The Bertz CT molecular complexity index is 2100. The molecular weight excluding hydrogens is 599 g/mol. The third-order valence-corrected chi connectivity index (χ3v) is 9.27. The number of nitrogens with zero attached hydrogens (tertiary/aromatic N) is 6. The van der Waals surface area contributed by atoms with E-state index in [9.17, 15) is 14.7 Å². The molecule has 3 N–H and O–H groups in total. The summed E-state index contributed by atoms with van der Waals surface area (Å²) in [6.45, 7) is 7.37. The molecule has 0 radical (unpaired) electrons. The highest BCUT2D eigenvalue weighted by Gasteiger charge is 2.36. The van der Waals surface area contributed by atoms with Gasteiger partial charge in [-0.1, -0.05) is 32.9 Å². The van der Waals surface area contributed by atoms with Crippen molar-refractivity contribution in [1.82, 2.24) is 29.9 Å². The molecule has 2 saturated heterocycles. The van der Waals surface area contributed by atoms with Crippen molar-refractivity contribution in [3.05, 3.63) is 98.6 Å². The number of aliphatic hydroxyl groups excluding tert-OH is 1. The maximum absolute atomic E-state index is 15.4. The fourth-order valence-electron chi connectivity index (χ4n) is 6.80. The van der Waals surface area contributed by atoms with Crippen LogP contribution >= 0.6 is 0 Å². The van der Waals surface area contributed by atoms with Crippen LogP contribution in [-0.2, 0) is 19.1 Å². The van der Waals surface area contributed by atoms with Crippen LogP contribution < -0.4 is 26.7 Å². The first-order chi connectivity index (χ1) is 22.5. The van der Waals surface area contributed by atoms with Crippen molar-refractivity contribution in [3.8, 4) is 16.9 Å². The zero-order valence-electron chi connectivity index (χ0n) is 26.8. The van der Waals surface area contributed by atoms with Crippen LogP contribution in [0.4, 0.5) is 21.6 Å². The van der Waals surface area contributed by atoms with E-state index in [1.54, 1.807) is 37.4 Å². The maximum Gasteiger partial charge on any atom is 0.290 e. The smallest absolute Gasteiger partial charge is 0.290 e. The standard InChI is InChI=1S/C35H37FN8O3/c1-35(2,3)21-12-20-15-39-44(34(47)32(20)27(36)13-21)30-7-5-6-25(26(30)19-45)28-14-29(33(46)42(4)41-28)40-31-11-10-24(18-38-31)43-22-8-9-23(43)17-37-16-22/h5-7,10-15,18,22-23,37,45H,8-9,16-17,19H2,1-4H3,(H,38,40)/t22-,23-/m1/s1. The highest BCUT2D eigenvalue weighted by molar-refractivity contribution is 5.83. The fourth-order valence-corrected chi connectivity index (χ4v) is 6.80. The van der Waals surface area contributed by atoms with Crippen molar-refractivity contribution in [1.29, 1.82) is 0 Å². The van der Waals surface area contributed by atoms with E-state index in [4.69, 9.17) is 0 Å². The van der Waals surface area contributed by atoms with Crippen molar-refractivity contribution in [2.45, 2.75) is 57.7 Å². The number of rotatable bonds is 6. The van der Waals surface area contributed by atoms with E-state index in [1.165, 1.54) is 16.9 Å². The molecule has 47 heavy (non-hydrogen) atoms. The second-order valence-electron chi connectivity index (χ2n) is 13.3. The zero-order valence-corrected chi connectivity index (χ0v) is 26.8. The number of pyridine rings is 1. The molecule has 2 aromatic carbocycles. The third-order valence-electron chi connectivity index (χ3n) is 9.27. The number of hydrogen-bond donors (Lipinski definition) is 3. The molecule has 2 atom stereocenters. The molecule has 0 aliphatic carbocycles. The van der Waals surface area contributed by atoms with E-state index in [0.29, 0.717) is 40.1 Å². The first-order valence-electron chi connectivity index (χ1n) is 15.8. The number of hydrogen-bond acceptors (Lipinski definition) is 9. The summed E-state index contributed by atoms with van der Waals surface area (Å²) in [5.41, 5.74) is 2.22. The predicted molar refractivity (Wildman–Crippen MR) is 180 cm³/mol. The molecule has 0 spiro atoms. The summed E-state index contributed by atoms with van der Waals surface area (Å²) in [4.78, 5) is 33.8. The second kappa shape index (κ2) is 11.7. The van der Waals surface area contributed by atoms with Gasteiger partial charge in [0.15, 0.2) is 0 Å². The Morgan fingerprint density at radius 3 is 2.47 bits per heavy atom. The van der Waals surface area contributed by atoms with Gasteiger partial charge in [0.25, 0.3) is 11.1 Å². The van der Waals surface area contributed by atoms with Gasteiger partial charge in [-0.2, -0.15) is 14.9 Å². The molecule has 11 nitrogen and oxygen atoms in total. The molecule has 3 aromatic heterocycles. The Kier molecular flexibility index (Phi) is 7.64. The molecule has 5 aromatic rings. The van der Waals surface area contributed by atoms with Crippen LogP contribution in [0.2, 0.25) is 0 Å². The molecule has 12 heteroatoms. The fraction of sp³-hybridized carbons (Fsp3) is 0.343. The number of piperazine rings is 1. The van der Waals surface area contributed by atoms with Crippen molar-refractivity contribution in [3.63, 3.8) is 0 Å². The summed E-state index contributed by atoms with van der Waals surface area (Å²) < 4.78 is 17.7. The summed E-state index contributed by atoms with van der Waals surface area (Å²) in [7, 11) is 1.54. The third kappa shape index (κ3) is 5.47. The van der Waals surface area contributed by atoms with Gasteiger partial charge in [0, 0.05) is 48.7 Å². The average Bonchev–Trinajstić information content (AvgIpc) is 3.29. The highest BCUT2D eigenvalue weighted by atomic mass is 19.1. The molecule has 242 valence electrons. The Balaban J connectivity index is 1.24. The Morgan fingerprint density at radius 1 is 1.02 bits per heavy atom. The van der Waals surface area contributed by atoms with Crippen molar-refractivity contribution < 1.29 is 9.50 Å². The van der Waals surface area contributed by atoms with Gasteiger partial charge in [-0.15, -0.1) is 0 Å². The van der Waals surface area contributed by atoms with E-state index < -0.39 is 18.0 Å². The van der Waals surface area contributed by atoms with Gasteiger partial charge in [-0.05, 0) is 60.2 Å². The lowest BCUT2D eigenvalue weighted by Gasteiger charge is -2.37. The molecule has 0 amide bonds. The largest absolute Gasteiger partial charge is 0.392 e. The summed E-state index contributed by atoms with van der Waals surface area (Å²) in [6.07, 6.45) is 5.61. The SMILES string of the molecule is Cn1nc(-c2cccc(-n3ncc4cc(C(C)(C)C)cc(F)c4c3=O)c2CO)cc(Nc2ccc(N3[C@@H]4CC[C@@H]3CNC4)cn2)c1=O. The molecule has 2 bridgehead atoms. The lowest BCUT2D eigenvalue weighted by molar-refractivity contribution is 0.281. The van der Waals surface area contributed by atoms with E-state index in [0.717, 1.165) is 41.9 Å². The molecule has 7 rings (SSSR count). The van der Waals surface area contributed by atoms with Crippen LogP contribution in [0.15, 0.2) is 70.5 Å². The predicted octanol–water partition coefficient (Wildman–Crippen LogP) is 4.15. The van der Waals surface area contributed by atoms with Crippen LogP contribution in [-0.4, -0.2) is 54.8 Å². The van der Waals surface area contributed by atoms with E-state index in [-0.39, 0.29) is 27.7 Å². The quantitative estimate of drug-likeness (QED) is 0.252. The van der Waals surface area contributed by atoms with Crippen LogP contribution in [0.1, 0.15) is 44.7 Å². The van der Waals surface area contributed by atoms with Crippen LogP contribution in [0, 0.1) is 5.82 Å². The minimum atomic E-state index is -0.647. The Labute approximate surface area is 270 Å². The van der Waals surface area contributed by atoms with Gasteiger partial charge in [0.1, 0.15) is 17.3 Å². The van der Waals surface area contributed by atoms with Gasteiger partial charge >= 0.3 is 0 Å². The number of fused-ring (bicyclic) bond motifs is 3. The molecule has 2 fully saturated rings. The molecule has 2 aliphatic rings. The monoisotopic (exact) mass is 636 g/mol. The summed E-state index contributed by atoms with van der Waals surface area (Å²) in [6, 6.07) is 14.6. The van der Waals surface area contributed by atoms with Gasteiger partial charge in [0.2, 0.25) is 0 Å². The topological polar surface area (TPSA) is 130 Å². The van der Waals surface area contributed by atoms with Gasteiger partial charge < -0.3 is 20.6 Å². The number of halogens is 1. The van der Waals surface area contributed by atoms with Crippen LogP contribution in [0.5, 0.6) is 0 Å². The second-order valence-corrected chi connectivity index (χ2v) is 13.3. The normalized spacial score (nSPS) is 17.8. The average molecular weight is 637 g/mol. The molecule has 0 unspecified atom stereocenters. The molecule has 5 heterocycles. The summed E-state index contributed by atoms with van der Waals surface area (Å²) in [5, 5.41) is 26.3. The Morgan fingerprint density at radius 2 is 1.79 bits per heavy atom.